The molecule has 0 spiro atoms. The smallest absolute Gasteiger partial charge is 0.242 e. The molecule has 0 unspecified atom stereocenters. The van der Waals surface area contributed by atoms with E-state index in [1.165, 1.54) is 6.07 Å². The van der Waals surface area contributed by atoms with E-state index in [1.54, 1.807) is 6.07 Å². The van der Waals surface area contributed by atoms with Crippen LogP contribution in [-0.4, -0.2) is 22.8 Å². The van der Waals surface area contributed by atoms with Crippen LogP contribution in [0.3, 0.4) is 0 Å². The zero-order valence-corrected chi connectivity index (χ0v) is 11.3. The van der Waals surface area contributed by atoms with Crippen molar-refractivity contribution in [1.82, 2.24) is 15.6 Å². The van der Waals surface area contributed by atoms with Gasteiger partial charge in [0.15, 0.2) is 5.43 Å². The summed E-state index contributed by atoms with van der Waals surface area (Å²) >= 11 is 0. The second kappa shape index (κ2) is 5.40. The van der Waals surface area contributed by atoms with Gasteiger partial charge in [-0.05, 0) is 18.6 Å². The van der Waals surface area contributed by atoms with E-state index in [2.05, 4.69) is 15.6 Å². The maximum Gasteiger partial charge on any atom is 0.242 e. The van der Waals surface area contributed by atoms with Crippen LogP contribution < -0.4 is 16.1 Å². The SMILES string of the molecule is O=C1CC[C@H](C(=O)NCc2cc(=O)c3ccccc3[nH]2)N1. The van der Waals surface area contributed by atoms with Crippen LogP contribution in [0.2, 0.25) is 0 Å². The lowest BCUT2D eigenvalue weighted by atomic mass is 10.2. The highest BCUT2D eigenvalue weighted by atomic mass is 16.2. The Hall–Kier alpha value is -2.63. The first-order valence-corrected chi connectivity index (χ1v) is 6.81. The molecule has 0 aliphatic carbocycles. The highest BCUT2D eigenvalue weighted by Crippen LogP contribution is 2.08. The molecule has 108 valence electrons. The van der Waals surface area contributed by atoms with E-state index in [0.29, 0.717) is 23.9 Å². The number of carbonyl (C=O) groups is 2. The molecular weight excluding hydrogens is 270 g/mol. The third-order valence-electron chi connectivity index (χ3n) is 3.56. The summed E-state index contributed by atoms with van der Waals surface area (Å²) in [5.41, 5.74) is 1.29. The fourth-order valence-electron chi connectivity index (χ4n) is 2.46. The molecule has 0 radical (unpaired) electrons. The summed E-state index contributed by atoms with van der Waals surface area (Å²) in [5, 5.41) is 5.96. The van der Waals surface area contributed by atoms with Crippen molar-refractivity contribution in [2.45, 2.75) is 25.4 Å². The van der Waals surface area contributed by atoms with Crippen LogP contribution >= 0.6 is 0 Å². The first-order chi connectivity index (χ1) is 10.1. The van der Waals surface area contributed by atoms with E-state index < -0.39 is 6.04 Å². The number of hydrogen-bond acceptors (Lipinski definition) is 3. The van der Waals surface area contributed by atoms with Crippen molar-refractivity contribution >= 4 is 22.7 Å². The number of aromatic amines is 1. The maximum absolute atomic E-state index is 12.0. The topological polar surface area (TPSA) is 91.1 Å². The average Bonchev–Trinajstić information content (AvgIpc) is 2.91. The van der Waals surface area contributed by atoms with Gasteiger partial charge in [0.1, 0.15) is 6.04 Å². The standard InChI is InChI=1S/C15H15N3O3/c19-13-7-9(17-11-4-2-1-3-10(11)13)8-16-15(21)12-5-6-14(20)18-12/h1-4,7,12H,5-6,8H2,(H,16,21)(H,17,19)(H,18,20)/t12-/m1/s1. The molecule has 1 atom stereocenters. The van der Waals surface area contributed by atoms with Crippen LogP contribution in [-0.2, 0) is 16.1 Å². The minimum Gasteiger partial charge on any atom is -0.357 e. The Bertz CT molecular complexity index is 766. The van der Waals surface area contributed by atoms with Gasteiger partial charge in [-0.1, -0.05) is 12.1 Å². The number of amides is 2. The number of fused-ring (bicyclic) bond motifs is 1. The molecule has 2 heterocycles. The molecule has 3 N–H and O–H groups in total. The van der Waals surface area contributed by atoms with Crippen molar-refractivity contribution < 1.29 is 9.59 Å². The van der Waals surface area contributed by atoms with Gasteiger partial charge in [-0.25, -0.2) is 0 Å². The molecule has 0 saturated carbocycles. The number of para-hydroxylation sites is 1. The number of rotatable bonds is 3. The predicted molar refractivity (Wildman–Crippen MR) is 77.6 cm³/mol. The maximum atomic E-state index is 12.0. The summed E-state index contributed by atoms with van der Waals surface area (Å²) in [6.45, 7) is 0.227. The molecule has 1 fully saturated rings. The Morgan fingerprint density at radius 3 is 2.86 bits per heavy atom. The van der Waals surface area contributed by atoms with Gasteiger partial charge in [0, 0.05) is 29.1 Å². The Kier molecular flexibility index (Phi) is 3.43. The van der Waals surface area contributed by atoms with Crippen LogP contribution in [0, 0.1) is 0 Å². The number of aromatic nitrogens is 1. The van der Waals surface area contributed by atoms with Crippen LogP contribution in [0.5, 0.6) is 0 Å². The Morgan fingerprint density at radius 2 is 2.10 bits per heavy atom. The van der Waals surface area contributed by atoms with E-state index in [-0.39, 0.29) is 23.8 Å². The number of hydrogen-bond donors (Lipinski definition) is 3. The van der Waals surface area contributed by atoms with Crippen LogP contribution in [0.25, 0.3) is 10.9 Å². The average molecular weight is 285 g/mol. The van der Waals surface area contributed by atoms with E-state index in [9.17, 15) is 14.4 Å². The zero-order valence-electron chi connectivity index (χ0n) is 11.3. The van der Waals surface area contributed by atoms with Crippen molar-refractivity contribution in [3.05, 3.63) is 46.2 Å². The summed E-state index contributed by atoms with van der Waals surface area (Å²) in [7, 11) is 0. The van der Waals surface area contributed by atoms with E-state index in [0.717, 1.165) is 5.52 Å². The zero-order chi connectivity index (χ0) is 14.8. The Morgan fingerprint density at radius 1 is 1.29 bits per heavy atom. The van der Waals surface area contributed by atoms with Gasteiger partial charge in [-0.3, -0.25) is 14.4 Å². The molecule has 6 heteroatoms. The first kappa shape index (κ1) is 13.4. The quantitative estimate of drug-likeness (QED) is 0.763. The molecule has 2 amide bonds. The molecule has 2 aromatic rings. The molecule has 21 heavy (non-hydrogen) atoms. The molecule has 6 nitrogen and oxygen atoms in total. The van der Waals surface area contributed by atoms with Crippen molar-refractivity contribution in [2.24, 2.45) is 0 Å². The summed E-state index contributed by atoms with van der Waals surface area (Å²) in [6, 6.07) is 8.24. The number of nitrogens with one attached hydrogen (secondary N) is 3. The van der Waals surface area contributed by atoms with Gasteiger partial charge in [0.25, 0.3) is 0 Å². The molecule has 0 bridgehead atoms. The summed E-state index contributed by atoms with van der Waals surface area (Å²) in [6.07, 6.45) is 0.893. The number of benzene rings is 1. The van der Waals surface area contributed by atoms with E-state index in [4.69, 9.17) is 0 Å². The summed E-state index contributed by atoms with van der Waals surface area (Å²) in [4.78, 5) is 38.1. The van der Waals surface area contributed by atoms with Crippen molar-refractivity contribution in [2.75, 3.05) is 0 Å². The lowest BCUT2D eigenvalue weighted by molar-refractivity contribution is -0.125. The highest BCUT2D eigenvalue weighted by molar-refractivity contribution is 5.90. The van der Waals surface area contributed by atoms with Gasteiger partial charge in [0.2, 0.25) is 11.8 Å². The van der Waals surface area contributed by atoms with Crippen molar-refractivity contribution in [3.63, 3.8) is 0 Å². The Balaban J connectivity index is 1.72. The lowest BCUT2D eigenvalue weighted by Crippen LogP contribution is -2.41. The molecule has 1 aromatic carbocycles. The molecule has 1 saturated heterocycles. The fraction of sp³-hybridized carbons (Fsp3) is 0.267. The van der Waals surface area contributed by atoms with E-state index in [1.807, 2.05) is 18.2 Å². The predicted octanol–water partition coefficient (Wildman–Crippen LogP) is 0.423. The van der Waals surface area contributed by atoms with Gasteiger partial charge >= 0.3 is 0 Å². The van der Waals surface area contributed by atoms with Crippen LogP contribution in [0.4, 0.5) is 0 Å². The van der Waals surface area contributed by atoms with Crippen LogP contribution in [0.15, 0.2) is 35.1 Å². The third-order valence-corrected chi connectivity index (χ3v) is 3.56. The van der Waals surface area contributed by atoms with Gasteiger partial charge in [0.05, 0.1) is 6.54 Å². The first-order valence-electron chi connectivity index (χ1n) is 6.81. The molecule has 1 aliphatic heterocycles. The minimum absolute atomic E-state index is 0.0808. The van der Waals surface area contributed by atoms with Gasteiger partial charge in [-0.15, -0.1) is 0 Å². The molecule has 1 aromatic heterocycles. The molecule has 3 rings (SSSR count). The normalized spacial score (nSPS) is 17.7. The summed E-state index contributed by atoms with van der Waals surface area (Å²) < 4.78 is 0. The number of carbonyl (C=O) groups excluding carboxylic acids is 2. The molecular formula is C15H15N3O3. The van der Waals surface area contributed by atoms with Crippen LogP contribution in [0.1, 0.15) is 18.5 Å². The fourth-order valence-corrected chi connectivity index (χ4v) is 2.46. The lowest BCUT2D eigenvalue weighted by Gasteiger charge is -2.11. The largest absolute Gasteiger partial charge is 0.357 e. The second-order valence-electron chi connectivity index (χ2n) is 5.08. The second-order valence-corrected chi connectivity index (χ2v) is 5.08. The highest BCUT2D eigenvalue weighted by Gasteiger charge is 2.26. The van der Waals surface area contributed by atoms with Gasteiger partial charge in [-0.2, -0.15) is 0 Å². The third kappa shape index (κ3) is 2.79. The van der Waals surface area contributed by atoms with E-state index >= 15 is 0 Å². The van der Waals surface area contributed by atoms with Gasteiger partial charge < -0.3 is 15.6 Å². The Labute approximate surface area is 120 Å². The monoisotopic (exact) mass is 285 g/mol. The van der Waals surface area contributed by atoms with Crippen molar-refractivity contribution in [3.8, 4) is 0 Å². The molecule has 1 aliphatic rings. The minimum atomic E-state index is -0.468. The summed E-state index contributed by atoms with van der Waals surface area (Å²) in [5.74, 6) is -0.330. The van der Waals surface area contributed by atoms with Crippen molar-refractivity contribution in [1.29, 1.82) is 0 Å². The number of H-pyrrole nitrogens is 1. The number of pyridine rings is 1.